The summed E-state index contributed by atoms with van der Waals surface area (Å²) >= 11 is 3.50. The lowest BCUT2D eigenvalue weighted by molar-refractivity contribution is 0.0522. The van der Waals surface area contributed by atoms with Crippen LogP contribution in [0.5, 0.6) is 0 Å². The zero-order chi connectivity index (χ0) is 19.3. The van der Waals surface area contributed by atoms with Gasteiger partial charge >= 0.3 is 0 Å². The Bertz CT molecular complexity index is 855. The summed E-state index contributed by atoms with van der Waals surface area (Å²) in [5, 5.41) is 8.80. The Morgan fingerprint density at radius 3 is 2.41 bits per heavy atom. The molecule has 0 aliphatic carbocycles. The largest absolute Gasteiger partial charge is 0.333 e. The van der Waals surface area contributed by atoms with Gasteiger partial charge in [-0.05, 0) is 50.3 Å². The van der Waals surface area contributed by atoms with Crippen LogP contribution in [0.3, 0.4) is 0 Å². The van der Waals surface area contributed by atoms with Crippen molar-refractivity contribution in [3.63, 3.8) is 0 Å². The number of nitrogens with zero attached hydrogens (tertiary/aromatic N) is 4. The molecule has 3 heterocycles. The first kappa shape index (κ1) is 18.7. The van der Waals surface area contributed by atoms with Crippen LogP contribution < -0.4 is 0 Å². The summed E-state index contributed by atoms with van der Waals surface area (Å²) in [6, 6.07) is 6.87. The molecule has 2 aliphatic rings. The van der Waals surface area contributed by atoms with Gasteiger partial charge < -0.3 is 4.90 Å². The second kappa shape index (κ2) is 6.73. The highest BCUT2D eigenvalue weighted by Crippen LogP contribution is 2.42. The van der Waals surface area contributed by atoms with Gasteiger partial charge in [0.15, 0.2) is 0 Å². The molecule has 27 heavy (non-hydrogen) atoms. The topological polar surface area (TPSA) is 51.0 Å². The molecule has 144 valence electrons. The van der Waals surface area contributed by atoms with Gasteiger partial charge in [0.2, 0.25) is 0 Å². The highest BCUT2D eigenvalue weighted by Gasteiger charge is 2.44. The third-order valence-corrected chi connectivity index (χ3v) is 6.52. The highest BCUT2D eigenvalue weighted by molar-refractivity contribution is 9.10. The highest BCUT2D eigenvalue weighted by atomic mass is 79.9. The smallest absolute Gasteiger partial charge is 0.254 e. The molecule has 0 spiro atoms. The first-order chi connectivity index (χ1) is 12.7. The molecule has 1 aromatic carbocycles. The quantitative estimate of drug-likeness (QED) is 0.695. The van der Waals surface area contributed by atoms with E-state index in [1.807, 2.05) is 29.8 Å². The van der Waals surface area contributed by atoms with Gasteiger partial charge in [0.05, 0.1) is 11.7 Å². The predicted molar refractivity (Wildman–Crippen MR) is 109 cm³/mol. The monoisotopic (exact) mass is 430 g/mol. The standard InChI is InChI=1S/C21H27BrN4O/c1-13-5-6-14(22)9-18(13)20(27)26-15-7-8-16(26)11-17(10-15)25-12-19(23-24-25)21(2,3)4/h5-6,9,12,15-17H,7-8,10-11H2,1-4H3. The van der Waals surface area contributed by atoms with Crippen LogP contribution in [-0.2, 0) is 5.41 Å². The molecule has 2 unspecified atom stereocenters. The number of hydrogen-bond donors (Lipinski definition) is 0. The molecule has 2 bridgehead atoms. The molecule has 2 aromatic rings. The summed E-state index contributed by atoms with van der Waals surface area (Å²) in [5.41, 5.74) is 2.89. The van der Waals surface area contributed by atoms with Crippen molar-refractivity contribution in [2.24, 2.45) is 0 Å². The molecule has 6 heteroatoms. The van der Waals surface area contributed by atoms with Crippen molar-refractivity contribution in [3.05, 3.63) is 45.7 Å². The summed E-state index contributed by atoms with van der Waals surface area (Å²) in [6.07, 6.45) is 6.19. The molecule has 0 radical (unpaired) electrons. The predicted octanol–water partition coefficient (Wildman–Crippen LogP) is 4.65. The van der Waals surface area contributed by atoms with Gasteiger partial charge in [-0.1, -0.05) is 48.0 Å². The number of aromatic nitrogens is 3. The van der Waals surface area contributed by atoms with E-state index >= 15 is 0 Å². The number of benzene rings is 1. The maximum absolute atomic E-state index is 13.3. The van der Waals surface area contributed by atoms with E-state index in [0.717, 1.165) is 47.0 Å². The minimum Gasteiger partial charge on any atom is -0.333 e. The molecule has 1 amide bonds. The van der Waals surface area contributed by atoms with Crippen LogP contribution in [0.1, 0.15) is 74.1 Å². The Labute approximate surface area is 169 Å². The first-order valence-electron chi connectivity index (χ1n) is 9.75. The first-order valence-corrected chi connectivity index (χ1v) is 10.5. The molecule has 2 fully saturated rings. The van der Waals surface area contributed by atoms with E-state index in [-0.39, 0.29) is 11.3 Å². The van der Waals surface area contributed by atoms with E-state index < -0.39 is 0 Å². The van der Waals surface area contributed by atoms with Crippen LogP contribution in [0.4, 0.5) is 0 Å². The third kappa shape index (κ3) is 3.44. The third-order valence-electron chi connectivity index (χ3n) is 6.03. The summed E-state index contributed by atoms with van der Waals surface area (Å²) in [6.45, 7) is 8.49. The molecular weight excluding hydrogens is 404 g/mol. The molecule has 5 nitrogen and oxygen atoms in total. The average Bonchev–Trinajstić information content (AvgIpc) is 3.20. The zero-order valence-electron chi connectivity index (χ0n) is 16.4. The fourth-order valence-corrected chi connectivity index (χ4v) is 4.82. The molecular formula is C21H27BrN4O. The molecule has 4 rings (SSSR count). The number of carbonyl (C=O) groups is 1. The maximum atomic E-state index is 13.3. The maximum Gasteiger partial charge on any atom is 0.254 e. The van der Waals surface area contributed by atoms with Gasteiger partial charge in [0.25, 0.3) is 5.91 Å². The van der Waals surface area contributed by atoms with Gasteiger partial charge in [-0.15, -0.1) is 5.10 Å². The average molecular weight is 431 g/mol. The van der Waals surface area contributed by atoms with Crippen molar-refractivity contribution in [1.82, 2.24) is 19.9 Å². The Balaban J connectivity index is 1.55. The summed E-state index contributed by atoms with van der Waals surface area (Å²) in [4.78, 5) is 15.4. The van der Waals surface area contributed by atoms with Crippen LogP contribution in [0.15, 0.2) is 28.9 Å². The number of fused-ring (bicyclic) bond motifs is 2. The van der Waals surface area contributed by atoms with Crippen LogP contribution in [0.2, 0.25) is 0 Å². The van der Waals surface area contributed by atoms with E-state index in [1.54, 1.807) is 0 Å². The summed E-state index contributed by atoms with van der Waals surface area (Å²) in [7, 11) is 0. The van der Waals surface area contributed by atoms with Gasteiger partial charge in [0, 0.05) is 33.7 Å². The second-order valence-electron chi connectivity index (χ2n) is 9.02. The number of halogens is 1. The zero-order valence-corrected chi connectivity index (χ0v) is 18.0. The van der Waals surface area contributed by atoms with Crippen LogP contribution in [0.25, 0.3) is 0 Å². The fraction of sp³-hybridized carbons (Fsp3) is 0.571. The van der Waals surface area contributed by atoms with Gasteiger partial charge in [-0.3, -0.25) is 4.79 Å². The van der Waals surface area contributed by atoms with Crippen LogP contribution >= 0.6 is 15.9 Å². The van der Waals surface area contributed by atoms with Crippen LogP contribution in [-0.4, -0.2) is 37.9 Å². The van der Waals surface area contributed by atoms with Crippen LogP contribution in [0, 0.1) is 6.92 Å². The number of hydrogen-bond acceptors (Lipinski definition) is 3. The van der Waals surface area contributed by atoms with E-state index in [4.69, 9.17) is 0 Å². The lowest BCUT2D eigenvalue weighted by Crippen LogP contribution is -2.47. The van der Waals surface area contributed by atoms with Crippen molar-refractivity contribution < 1.29 is 4.79 Å². The number of carbonyl (C=O) groups excluding carboxylic acids is 1. The number of amides is 1. The lowest BCUT2D eigenvalue weighted by atomic mass is 9.92. The summed E-state index contributed by atoms with van der Waals surface area (Å²) in [5.74, 6) is 0.175. The van der Waals surface area contributed by atoms with E-state index in [0.29, 0.717) is 18.1 Å². The van der Waals surface area contributed by atoms with Crippen molar-refractivity contribution in [3.8, 4) is 0 Å². The fourth-order valence-electron chi connectivity index (χ4n) is 4.46. The Morgan fingerprint density at radius 2 is 1.81 bits per heavy atom. The molecule has 0 N–H and O–H groups in total. The Morgan fingerprint density at radius 1 is 1.15 bits per heavy atom. The lowest BCUT2D eigenvalue weighted by Gasteiger charge is -2.39. The number of rotatable bonds is 2. The Kier molecular flexibility index (Phi) is 4.65. The molecule has 0 saturated carbocycles. The second-order valence-corrected chi connectivity index (χ2v) is 9.93. The van der Waals surface area contributed by atoms with Crippen molar-refractivity contribution in [2.75, 3.05) is 0 Å². The minimum atomic E-state index is 0.00607. The Hall–Kier alpha value is -1.69. The number of aryl methyl sites for hydroxylation is 1. The van der Waals surface area contributed by atoms with E-state index in [9.17, 15) is 4.79 Å². The van der Waals surface area contributed by atoms with E-state index in [2.05, 4.69) is 58.1 Å². The minimum absolute atomic E-state index is 0.00607. The molecule has 2 aliphatic heterocycles. The van der Waals surface area contributed by atoms with Gasteiger partial charge in [-0.2, -0.15) is 0 Å². The molecule has 1 aromatic heterocycles. The van der Waals surface area contributed by atoms with Crippen molar-refractivity contribution >= 4 is 21.8 Å². The SMILES string of the molecule is Cc1ccc(Br)cc1C(=O)N1C2CCC1CC(n1cc(C(C)(C)C)nn1)C2. The van der Waals surface area contributed by atoms with Gasteiger partial charge in [0.1, 0.15) is 0 Å². The summed E-state index contributed by atoms with van der Waals surface area (Å²) < 4.78 is 2.99. The van der Waals surface area contributed by atoms with Gasteiger partial charge in [-0.25, -0.2) is 4.68 Å². The number of piperidine rings is 1. The van der Waals surface area contributed by atoms with Crippen molar-refractivity contribution in [1.29, 1.82) is 0 Å². The molecule has 2 saturated heterocycles. The van der Waals surface area contributed by atoms with E-state index in [1.165, 1.54) is 0 Å². The normalized spacial score (nSPS) is 25.1. The van der Waals surface area contributed by atoms with Crippen molar-refractivity contribution in [2.45, 2.75) is 76.9 Å². The molecule has 2 atom stereocenters.